The highest BCUT2D eigenvalue weighted by Gasteiger charge is 2.33. The van der Waals surface area contributed by atoms with E-state index in [0.29, 0.717) is 0 Å². The summed E-state index contributed by atoms with van der Waals surface area (Å²) < 4.78 is 26.6. The number of alkyl halides is 2. The molecule has 0 radical (unpaired) electrons. The van der Waals surface area contributed by atoms with Gasteiger partial charge in [-0.05, 0) is 18.7 Å². The van der Waals surface area contributed by atoms with Crippen molar-refractivity contribution < 1.29 is 8.78 Å². The Kier molecular flexibility index (Phi) is 3.64. The van der Waals surface area contributed by atoms with Gasteiger partial charge in [0.05, 0.1) is 5.56 Å². The summed E-state index contributed by atoms with van der Waals surface area (Å²) in [5, 5.41) is -0.196. The molecule has 0 spiro atoms. The van der Waals surface area contributed by atoms with E-state index in [1.165, 1.54) is 6.07 Å². The molecule has 0 aromatic carbocycles. The Morgan fingerprint density at radius 1 is 1.36 bits per heavy atom. The van der Waals surface area contributed by atoms with Gasteiger partial charge in [-0.3, -0.25) is 0 Å². The lowest BCUT2D eigenvalue weighted by molar-refractivity contribution is -0.0109. The first-order chi connectivity index (χ1) is 6.47. The summed E-state index contributed by atoms with van der Waals surface area (Å²) in [6.07, 6.45) is -0.462. The van der Waals surface area contributed by atoms with Crippen molar-refractivity contribution in [2.75, 3.05) is 6.54 Å². The van der Waals surface area contributed by atoms with E-state index in [2.05, 4.69) is 4.98 Å². The lowest BCUT2D eigenvalue weighted by Crippen LogP contribution is -2.19. The van der Waals surface area contributed by atoms with Gasteiger partial charge in [-0.15, -0.1) is 0 Å². The molecule has 1 aromatic heterocycles. The molecule has 0 unspecified atom stereocenters. The third-order valence-corrected chi connectivity index (χ3v) is 2.17. The summed E-state index contributed by atoms with van der Waals surface area (Å²) >= 11 is 11.0. The van der Waals surface area contributed by atoms with E-state index in [9.17, 15) is 8.78 Å². The maximum atomic E-state index is 13.3. The van der Waals surface area contributed by atoms with Crippen LogP contribution in [0, 0.1) is 0 Å². The van der Waals surface area contributed by atoms with Crippen LogP contribution in [0.1, 0.15) is 12.0 Å². The normalized spacial score (nSPS) is 11.8. The average Bonchev–Trinajstić information content (AvgIpc) is 2.02. The van der Waals surface area contributed by atoms with Crippen LogP contribution in [0.3, 0.4) is 0 Å². The highest BCUT2D eigenvalue weighted by Crippen LogP contribution is 2.35. The summed E-state index contributed by atoms with van der Waals surface area (Å²) in [7, 11) is 0. The molecule has 0 aliphatic heterocycles. The molecule has 2 N–H and O–H groups in total. The van der Waals surface area contributed by atoms with Gasteiger partial charge in [-0.1, -0.05) is 23.2 Å². The van der Waals surface area contributed by atoms with E-state index in [-0.39, 0.29) is 22.4 Å². The zero-order chi connectivity index (χ0) is 10.8. The van der Waals surface area contributed by atoms with Crippen LogP contribution in [0.25, 0.3) is 0 Å². The number of pyridine rings is 1. The first-order valence-electron chi connectivity index (χ1n) is 3.88. The van der Waals surface area contributed by atoms with Crippen LogP contribution in [0.5, 0.6) is 0 Å². The van der Waals surface area contributed by atoms with Gasteiger partial charge in [0, 0.05) is 6.42 Å². The van der Waals surface area contributed by atoms with Crippen LogP contribution in [0.15, 0.2) is 12.1 Å². The second-order valence-corrected chi connectivity index (χ2v) is 3.46. The maximum Gasteiger partial charge on any atom is 0.277 e. The summed E-state index contributed by atoms with van der Waals surface area (Å²) in [5.74, 6) is -3.05. The highest BCUT2D eigenvalue weighted by atomic mass is 35.5. The van der Waals surface area contributed by atoms with E-state index in [1.807, 2.05) is 0 Å². The van der Waals surface area contributed by atoms with Gasteiger partial charge < -0.3 is 5.73 Å². The second-order valence-electron chi connectivity index (χ2n) is 2.72. The van der Waals surface area contributed by atoms with Crippen LogP contribution in [-0.2, 0) is 5.92 Å². The fourth-order valence-electron chi connectivity index (χ4n) is 1.00. The van der Waals surface area contributed by atoms with E-state index in [0.717, 1.165) is 6.07 Å². The third kappa shape index (κ3) is 2.53. The van der Waals surface area contributed by atoms with E-state index in [1.54, 1.807) is 0 Å². The van der Waals surface area contributed by atoms with E-state index >= 15 is 0 Å². The molecule has 2 nitrogen and oxygen atoms in total. The topological polar surface area (TPSA) is 38.9 Å². The maximum absolute atomic E-state index is 13.3. The fourth-order valence-corrected chi connectivity index (χ4v) is 1.48. The van der Waals surface area contributed by atoms with Crippen LogP contribution < -0.4 is 5.73 Å². The molecule has 0 amide bonds. The number of nitrogens with two attached hydrogens (primary N) is 1. The summed E-state index contributed by atoms with van der Waals surface area (Å²) in [6, 6.07) is 2.43. The van der Waals surface area contributed by atoms with Crippen LogP contribution in [0.2, 0.25) is 10.3 Å². The van der Waals surface area contributed by atoms with Crippen molar-refractivity contribution in [3.05, 3.63) is 28.0 Å². The quantitative estimate of drug-likeness (QED) is 0.826. The first kappa shape index (κ1) is 11.6. The Morgan fingerprint density at radius 2 is 2.00 bits per heavy atom. The van der Waals surface area contributed by atoms with Crippen molar-refractivity contribution in [3.63, 3.8) is 0 Å². The molecule has 0 aliphatic rings. The summed E-state index contributed by atoms with van der Waals surface area (Å²) in [6.45, 7) is -0.119. The molecule has 78 valence electrons. The zero-order valence-electron chi connectivity index (χ0n) is 7.11. The van der Waals surface area contributed by atoms with Gasteiger partial charge in [0.1, 0.15) is 10.3 Å². The second kappa shape index (κ2) is 4.38. The molecule has 0 atom stereocenters. The average molecular weight is 241 g/mol. The van der Waals surface area contributed by atoms with Gasteiger partial charge in [0.15, 0.2) is 0 Å². The number of nitrogens with zero attached hydrogens (tertiary/aromatic N) is 1. The van der Waals surface area contributed by atoms with Crippen LogP contribution >= 0.6 is 23.2 Å². The molecule has 1 aromatic rings. The largest absolute Gasteiger partial charge is 0.330 e. The molecule has 0 bridgehead atoms. The Balaban J connectivity index is 3.06. The van der Waals surface area contributed by atoms with Crippen LogP contribution in [-0.4, -0.2) is 11.5 Å². The molecular formula is C8H8Cl2F2N2. The molecule has 14 heavy (non-hydrogen) atoms. The smallest absolute Gasteiger partial charge is 0.277 e. The van der Waals surface area contributed by atoms with Crippen molar-refractivity contribution >= 4 is 23.2 Å². The Bertz CT molecular complexity index is 331. The minimum Gasteiger partial charge on any atom is -0.330 e. The lowest BCUT2D eigenvalue weighted by Gasteiger charge is -2.16. The molecule has 1 rings (SSSR count). The third-order valence-electron chi connectivity index (χ3n) is 1.67. The molecule has 0 fully saturated rings. The molecule has 1 heterocycles. The van der Waals surface area contributed by atoms with Gasteiger partial charge in [-0.25, -0.2) is 13.8 Å². The number of halogens is 4. The Hall–Kier alpha value is -0.450. The van der Waals surface area contributed by atoms with Crippen molar-refractivity contribution in [2.24, 2.45) is 5.73 Å². The first-order valence-corrected chi connectivity index (χ1v) is 4.63. The standard InChI is InChI=1S/C8H8Cl2F2N2/c9-6-2-1-5(7(10)14-6)8(11,12)3-4-13/h1-2H,3-4,13H2. The van der Waals surface area contributed by atoms with Crippen molar-refractivity contribution in [1.29, 1.82) is 0 Å². The van der Waals surface area contributed by atoms with Crippen molar-refractivity contribution in [2.45, 2.75) is 12.3 Å². The Morgan fingerprint density at radius 3 is 2.50 bits per heavy atom. The monoisotopic (exact) mass is 240 g/mol. The predicted octanol–water partition coefficient (Wildman–Crippen LogP) is 2.83. The van der Waals surface area contributed by atoms with Gasteiger partial charge >= 0.3 is 0 Å². The Labute approximate surface area is 90.0 Å². The van der Waals surface area contributed by atoms with Crippen molar-refractivity contribution in [1.82, 2.24) is 4.98 Å². The number of rotatable bonds is 3. The summed E-state index contributed by atoms with van der Waals surface area (Å²) in [4.78, 5) is 3.53. The highest BCUT2D eigenvalue weighted by molar-refractivity contribution is 6.32. The lowest BCUT2D eigenvalue weighted by atomic mass is 10.1. The van der Waals surface area contributed by atoms with Gasteiger partial charge in [0.25, 0.3) is 5.92 Å². The number of aromatic nitrogens is 1. The SMILES string of the molecule is NCCC(F)(F)c1ccc(Cl)nc1Cl. The minimum atomic E-state index is -3.05. The molecule has 0 saturated carbocycles. The van der Waals surface area contributed by atoms with Gasteiger partial charge in [0.2, 0.25) is 0 Å². The number of hydrogen-bond donors (Lipinski definition) is 1. The number of hydrogen-bond acceptors (Lipinski definition) is 2. The summed E-state index contributed by atoms with van der Waals surface area (Å²) in [5.41, 5.74) is 4.72. The van der Waals surface area contributed by atoms with E-state index in [4.69, 9.17) is 28.9 Å². The molecule has 0 aliphatic carbocycles. The van der Waals surface area contributed by atoms with E-state index < -0.39 is 12.3 Å². The molecular weight excluding hydrogens is 233 g/mol. The van der Waals surface area contributed by atoms with Gasteiger partial charge in [-0.2, -0.15) is 0 Å². The van der Waals surface area contributed by atoms with Crippen LogP contribution in [0.4, 0.5) is 8.78 Å². The molecule has 0 saturated heterocycles. The zero-order valence-corrected chi connectivity index (χ0v) is 8.62. The molecule has 6 heteroatoms. The fraction of sp³-hybridized carbons (Fsp3) is 0.375. The predicted molar refractivity (Wildman–Crippen MR) is 51.8 cm³/mol. The minimum absolute atomic E-state index is 0.0855. The van der Waals surface area contributed by atoms with Crippen molar-refractivity contribution in [3.8, 4) is 0 Å².